The topological polar surface area (TPSA) is 38.5 Å². The fourth-order valence-corrected chi connectivity index (χ4v) is 2.73. The maximum atomic E-state index is 5.97. The molecule has 1 saturated heterocycles. The molecule has 0 amide bonds. The zero-order chi connectivity index (χ0) is 11.8. The summed E-state index contributed by atoms with van der Waals surface area (Å²) >= 11 is 0. The number of nitrogens with zero attached hydrogens (tertiary/aromatic N) is 1. The summed E-state index contributed by atoms with van der Waals surface area (Å²) in [6.45, 7) is 9.45. The summed E-state index contributed by atoms with van der Waals surface area (Å²) in [6, 6.07) is 0.528. The highest BCUT2D eigenvalue weighted by atomic mass is 16.5. The van der Waals surface area contributed by atoms with Gasteiger partial charge in [0.15, 0.2) is 0 Å². The first-order chi connectivity index (χ1) is 7.83. The molecule has 0 saturated carbocycles. The molecule has 0 spiro atoms. The molecule has 1 fully saturated rings. The maximum absolute atomic E-state index is 5.97. The first kappa shape index (κ1) is 13.9. The van der Waals surface area contributed by atoms with Crippen LogP contribution >= 0.6 is 0 Å². The van der Waals surface area contributed by atoms with Crippen molar-refractivity contribution in [3.63, 3.8) is 0 Å². The van der Waals surface area contributed by atoms with Crippen molar-refractivity contribution in [1.82, 2.24) is 4.90 Å². The van der Waals surface area contributed by atoms with Crippen molar-refractivity contribution in [2.24, 2.45) is 11.7 Å². The highest BCUT2D eigenvalue weighted by molar-refractivity contribution is 4.81. The Hall–Kier alpha value is -0.120. The van der Waals surface area contributed by atoms with Crippen LogP contribution < -0.4 is 5.73 Å². The van der Waals surface area contributed by atoms with Crippen molar-refractivity contribution in [1.29, 1.82) is 0 Å². The van der Waals surface area contributed by atoms with Crippen LogP contribution in [-0.4, -0.2) is 43.8 Å². The zero-order valence-corrected chi connectivity index (χ0v) is 11.0. The lowest BCUT2D eigenvalue weighted by Crippen LogP contribution is -2.48. The minimum Gasteiger partial charge on any atom is -0.381 e. The van der Waals surface area contributed by atoms with Crippen molar-refractivity contribution in [3.05, 3.63) is 0 Å². The third-order valence-corrected chi connectivity index (χ3v) is 3.47. The summed E-state index contributed by atoms with van der Waals surface area (Å²) in [7, 11) is 0. The van der Waals surface area contributed by atoms with Crippen molar-refractivity contribution in [2.75, 3.05) is 32.8 Å². The van der Waals surface area contributed by atoms with E-state index in [-0.39, 0.29) is 0 Å². The molecule has 1 aliphatic heterocycles. The Morgan fingerprint density at radius 3 is 2.44 bits per heavy atom. The van der Waals surface area contributed by atoms with E-state index in [4.69, 9.17) is 10.5 Å². The van der Waals surface area contributed by atoms with Gasteiger partial charge in [-0.05, 0) is 44.7 Å². The number of hydrogen-bond donors (Lipinski definition) is 1. The minimum absolute atomic E-state index is 0.528. The molecule has 0 aromatic heterocycles. The van der Waals surface area contributed by atoms with Crippen LogP contribution in [0.3, 0.4) is 0 Å². The number of ether oxygens (including phenoxy) is 1. The summed E-state index contributed by atoms with van der Waals surface area (Å²) in [6.07, 6.45) is 4.91. The standard InChI is InChI=1S/C13H28N2O/c1-3-7-15(8-4-2)13(10-14)12-6-5-9-16-11-12/h12-13H,3-11,14H2,1-2H3. The Labute approximate surface area is 100 Å². The van der Waals surface area contributed by atoms with Gasteiger partial charge in [0.05, 0.1) is 6.61 Å². The fourth-order valence-electron chi connectivity index (χ4n) is 2.73. The lowest BCUT2D eigenvalue weighted by atomic mass is 9.92. The molecule has 1 rings (SSSR count). The lowest BCUT2D eigenvalue weighted by molar-refractivity contribution is 0.0111. The molecule has 1 heterocycles. The van der Waals surface area contributed by atoms with Crippen LogP contribution in [0.25, 0.3) is 0 Å². The van der Waals surface area contributed by atoms with Crippen molar-refractivity contribution >= 4 is 0 Å². The summed E-state index contributed by atoms with van der Waals surface area (Å²) < 4.78 is 5.59. The smallest absolute Gasteiger partial charge is 0.0509 e. The van der Waals surface area contributed by atoms with Crippen LogP contribution in [0.4, 0.5) is 0 Å². The average Bonchev–Trinajstić information content (AvgIpc) is 2.32. The molecule has 96 valence electrons. The Bertz CT molecular complexity index is 163. The van der Waals surface area contributed by atoms with Crippen LogP contribution in [0.2, 0.25) is 0 Å². The third kappa shape index (κ3) is 4.04. The van der Waals surface area contributed by atoms with Gasteiger partial charge in [-0.15, -0.1) is 0 Å². The van der Waals surface area contributed by atoms with E-state index in [1.807, 2.05) is 0 Å². The molecular weight excluding hydrogens is 200 g/mol. The second-order valence-electron chi connectivity index (χ2n) is 4.82. The van der Waals surface area contributed by atoms with Crippen LogP contribution in [0.1, 0.15) is 39.5 Å². The van der Waals surface area contributed by atoms with Crippen molar-refractivity contribution in [2.45, 2.75) is 45.6 Å². The molecule has 1 aliphatic rings. The van der Waals surface area contributed by atoms with E-state index in [2.05, 4.69) is 18.7 Å². The van der Waals surface area contributed by atoms with Gasteiger partial charge in [-0.25, -0.2) is 0 Å². The molecule has 2 N–H and O–H groups in total. The molecule has 0 radical (unpaired) electrons. The molecule has 2 unspecified atom stereocenters. The summed E-state index contributed by atoms with van der Waals surface area (Å²) in [5.74, 6) is 0.650. The molecule has 3 heteroatoms. The van der Waals surface area contributed by atoms with Gasteiger partial charge < -0.3 is 10.5 Å². The zero-order valence-electron chi connectivity index (χ0n) is 11.0. The molecule has 0 aromatic rings. The van der Waals surface area contributed by atoms with E-state index in [0.717, 1.165) is 19.8 Å². The van der Waals surface area contributed by atoms with Gasteiger partial charge >= 0.3 is 0 Å². The number of hydrogen-bond acceptors (Lipinski definition) is 3. The second kappa shape index (κ2) is 8.04. The maximum Gasteiger partial charge on any atom is 0.0509 e. The molecule has 2 atom stereocenters. The fraction of sp³-hybridized carbons (Fsp3) is 1.00. The highest BCUT2D eigenvalue weighted by Crippen LogP contribution is 2.21. The van der Waals surface area contributed by atoms with E-state index < -0.39 is 0 Å². The van der Waals surface area contributed by atoms with Gasteiger partial charge in [0.25, 0.3) is 0 Å². The summed E-state index contributed by atoms with van der Waals surface area (Å²) in [5, 5.41) is 0. The monoisotopic (exact) mass is 228 g/mol. The Kier molecular flexibility index (Phi) is 7.01. The van der Waals surface area contributed by atoms with Gasteiger partial charge in [-0.3, -0.25) is 4.90 Å². The third-order valence-electron chi connectivity index (χ3n) is 3.47. The Balaban J connectivity index is 2.52. The summed E-state index contributed by atoms with van der Waals surface area (Å²) in [4.78, 5) is 2.57. The van der Waals surface area contributed by atoms with Gasteiger partial charge in [0.2, 0.25) is 0 Å². The molecular formula is C13H28N2O. The number of nitrogens with two attached hydrogens (primary N) is 1. The van der Waals surface area contributed by atoms with Crippen LogP contribution in [-0.2, 0) is 4.74 Å². The highest BCUT2D eigenvalue weighted by Gasteiger charge is 2.27. The minimum atomic E-state index is 0.528. The predicted octanol–water partition coefficient (Wildman–Crippen LogP) is 1.86. The second-order valence-corrected chi connectivity index (χ2v) is 4.82. The SMILES string of the molecule is CCCN(CCC)C(CN)C1CCCOC1. The Morgan fingerprint density at radius 2 is 2.00 bits per heavy atom. The molecule has 3 nitrogen and oxygen atoms in total. The van der Waals surface area contributed by atoms with Crippen molar-refractivity contribution in [3.8, 4) is 0 Å². The average molecular weight is 228 g/mol. The predicted molar refractivity (Wildman–Crippen MR) is 68.5 cm³/mol. The Morgan fingerprint density at radius 1 is 1.31 bits per heavy atom. The van der Waals surface area contributed by atoms with Crippen molar-refractivity contribution < 1.29 is 4.74 Å². The quantitative estimate of drug-likeness (QED) is 0.723. The molecule has 0 aliphatic carbocycles. The van der Waals surface area contributed by atoms with Gasteiger partial charge in [-0.2, -0.15) is 0 Å². The van der Waals surface area contributed by atoms with Gasteiger partial charge in [0.1, 0.15) is 0 Å². The van der Waals surface area contributed by atoms with Crippen LogP contribution in [0, 0.1) is 5.92 Å². The number of rotatable bonds is 7. The van der Waals surface area contributed by atoms with Gasteiger partial charge in [0, 0.05) is 19.2 Å². The summed E-state index contributed by atoms with van der Waals surface area (Å²) in [5.41, 5.74) is 5.97. The van der Waals surface area contributed by atoms with E-state index >= 15 is 0 Å². The van der Waals surface area contributed by atoms with Crippen LogP contribution in [0.5, 0.6) is 0 Å². The van der Waals surface area contributed by atoms with E-state index in [1.165, 1.54) is 38.8 Å². The van der Waals surface area contributed by atoms with Gasteiger partial charge in [-0.1, -0.05) is 13.8 Å². The van der Waals surface area contributed by atoms with Crippen LogP contribution in [0.15, 0.2) is 0 Å². The molecule has 0 bridgehead atoms. The van der Waals surface area contributed by atoms with E-state index in [9.17, 15) is 0 Å². The van der Waals surface area contributed by atoms with E-state index in [1.54, 1.807) is 0 Å². The lowest BCUT2D eigenvalue weighted by Gasteiger charge is -2.38. The normalized spacial score (nSPS) is 23.6. The molecule has 16 heavy (non-hydrogen) atoms. The molecule has 0 aromatic carbocycles. The largest absolute Gasteiger partial charge is 0.381 e. The van der Waals surface area contributed by atoms with E-state index in [0.29, 0.717) is 12.0 Å². The first-order valence-electron chi connectivity index (χ1n) is 6.85. The first-order valence-corrected chi connectivity index (χ1v) is 6.85.